The van der Waals surface area contributed by atoms with Crippen molar-refractivity contribution >= 4 is 5.69 Å². The van der Waals surface area contributed by atoms with Crippen molar-refractivity contribution in [3.05, 3.63) is 77.5 Å². The van der Waals surface area contributed by atoms with Crippen LogP contribution in [0.4, 0.5) is 5.69 Å². The van der Waals surface area contributed by atoms with E-state index in [9.17, 15) is 5.26 Å². The first-order valence-corrected chi connectivity index (χ1v) is 5.91. The van der Waals surface area contributed by atoms with Crippen molar-refractivity contribution in [2.24, 2.45) is 0 Å². The van der Waals surface area contributed by atoms with Crippen LogP contribution in [-0.4, -0.2) is 0 Å². The van der Waals surface area contributed by atoms with Gasteiger partial charge in [0.05, 0.1) is 11.6 Å². The quantitative estimate of drug-likeness (QED) is 0.814. The van der Waals surface area contributed by atoms with Crippen molar-refractivity contribution in [1.29, 1.82) is 5.26 Å². The predicted molar refractivity (Wildman–Crippen MR) is 72.0 cm³/mol. The molecule has 0 saturated carbocycles. The minimum Gasteiger partial charge on any atom is -0.360 e. The van der Waals surface area contributed by atoms with E-state index in [1.165, 1.54) is 0 Å². The molecule has 18 heavy (non-hydrogen) atoms. The lowest BCUT2D eigenvalue weighted by molar-refractivity contribution is 0.963. The van der Waals surface area contributed by atoms with E-state index in [0.717, 1.165) is 22.4 Å². The van der Waals surface area contributed by atoms with E-state index in [2.05, 4.69) is 29.6 Å². The Kier molecular flexibility index (Phi) is 2.59. The molecule has 1 aliphatic heterocycles. The van der Waals surface area contributed by atoms with Crippen LogP contribution in [-0.2, 0) is 0 Å². The van der Waals surface area contributed by atoms with Gasteiger partial charge in [-0.25, -0.2) is 0 Å². The van der Waals surface area contributed by atoms with Gasteiger partial charge in [-0.3, -0.25) is 0 Å². The van der Waals surface area contributed by atoms with E-state index in [0.29, 0.717) is 0 Å². The van der Waals surface area contributed by atoms with Gasteiger partial charge < -0.3 is 5.32 Å². The number of hydrogen-bond acceptors (Lipinski definition) is 2. The normalized spacial score (nSPS) is 17.1. The van der Waals surface area contributed by atoms with Crippen molar-refractivity contribution < 1.29 is 0 Å². The number of anilines is 1. The van der Waals surface area contributed by atoms with Crippen LogP contribution in [0.1, 0.15) is 17.0 Å². The fraction of sp³-hybridized carbons (Fsp3) is 0.0625. The second-order valence-corrected chi connectivity index (χ2v) is 4.29. The van der Waals surface area contributed by atoms with Crippen LogP contribution >= 0.6 is 0 Å². The van der Waals surface area contributed by atoms with Crippen molar-refractivity contribution in [2.45, 2.75) is 5.92 Å². The molecule has 3 rings (SSSR count). The number of benzene rings is 2. The Morgan fingerprint density at radius 3 is 2.44 bits per heavy atom. The third kappa shape index (κ3) is 1.66. The van der Waals surface area contributed by atoms with Gasteiger partial charge in [-0.2, -0.15) is 5.26 Å². The molecule has 2 aromatic rings. The first kappa shape index (κ1) is 10.6. The molecular weight excluding hydrogens is 220 g/mol. The number of rotatable bonds is 1. The highest BCUT2D eigenvalue weighted by atomic mass is 14.9. The number of nitrogens with one attached hydrogen (secondary N) is 1. The highest BCUT2D eigenvalue weighted by molar-refractivity contribution is 5.65. The fourth-order valence-electron chi connectivity index (χ4n) is 2.39. The maximum Gasteiger partial charge on any atom is 0.0972 e. The Morgan fingerprint density at radius 1 is 0.944 bits per heavy atom. The molecule has 0 aromatic heterocycles. The maximum atomic E-state index is 9.29. The zero-order valence-electron chi connectivity index (χ0n) is 9.80. The van der Waals surface area contributed by atoms with E-state index < -0.39 is 0 Å². The first-order chi connectivity index (χ1) is 8.90. The number of para-hydroxylation sites is 1. The van der Waals surface area contributed by atoms with Crippen LogP contribution in [0.25, 0.3) is 0 Å². The first-order valence-electron chi connectivity index (χ1n) is 5.91. The monoisotopic (exact) mass is 232 g/mol. The van der Waals surface area contributed by atoms with Gasteiger partial charge >= 0.3 is 0 Å². The topological polar surface area (TPSA) is 35.8 Å². The molecule has 1 N–H and O–H groups in total. The fourth-order valence-corrected chi connectivity index (χ4v) is 2.39. The van der Waals surface area contributed by atoms with Gasteiger partial charge in [0.1, 0.15) is 0 Å². The highest BCUT2D eigenvalue weighted by Crippen LogP contribution is 2.38. The smallest absolute Gasteiger partial charge is 0.0972 e. The van der Waals surface area contributed by atoms with E-state index >= 15 is 0 Å². The maximum absolute atomic E-state index is 9.29. The molecule has 1 aliphatic rings. The van der Waals surface area contributed by atoms with Crippen molar-refractivity contribution in [1.82, 2.24) is 0 Å². The second kappa shape index (κ2) is 4.38. The molecule has 2 aromatic carbocycles. The molecule has 0 fully saturated rings. The number of nitrogens with zero attached hydrogens (tertiary/aromatic N) is 1. The van der Waals surface area contributed by atoms with Crippen LogP contribution < -0.4 is 5.32 Å². The summed E-state index contributed by atoms with van der Waals surface area (Å²) in [5, 5.41) is 12.5. The zero-order chi connectivity index (χ0) is 12.4. The molecule has 86 valence electrons. The Labute approximate surface area is 106 Å². The molecule has 0 spiro atoms. The Bertz CT molecular complexity index is 636. The van der Waals surface area contributed by atoms with E-state index in [4.69, 9.17) is 0 Å². The SMILES string of the molecule is N#CC1=CNc2ccccc2C1c1ccccc1. The summed E-state index contributed by atoms with van der Waals surface area (Å²) in [5.74, 6) is 0.0358. The summed E-state index contributed by atoms with van der Waals surface area (Å²) in [6.45, 7) is 0. The molecule has 1 heterocycles. The third-order valence-electron chi connectivity index (χ3n) is 3.23. The summed E-state index contributed by atoms with van der Waals surface area (Å²) in [6, 6.07) is 20.6. The van der Waals surface area contributed by atoms with Gasteiger partial charge in [0, 0.05) is 17.8 Å². The van der Waals surface area contributed by atoms with E-state index in [1.807, 2.05) is 36.4 Å². The Morgan fingerprint density at radius 2 is 1.67 bits per heavy atom. The molecule has 0 radical (unpaired) electrons. The van der Waals surface area contributed by atoms with Gasteiger partial charge in [0.15, 0.2) is 0 Å². The average molecular weight is 232 g/mol. The van der Waals surface area contributed by atoms with E-state index in [1.54, 1.807) is 6.20 Å². The summed E-state index contributed by atoms with van der Waals surface area (Å²) in [5.41, 5.74) is 4.13. The number of fused-ring (bicyclic) bond motifs is 1. The molecular formula is C16H12N2. The van der Waals surface area contributed by atoms with Gasteiger partial charge in [-0.15, -0.1) is 0 Å². The minimum absolute atomic E-state index is 0.0358. The van der Waals surface area contributed by atoms with Crippen molar-refractivity contribution in [3.8, 4) is 6.07 Å². The molecule has 0 saturated heterocycles. The van der Waals surface area contributed by atoms with Crippen LogP contribution in [0.3, 0.4) is 0 Å². The summed E-state index contributed by atoms with van der Waals surface area (Å²) >= 11 is 0. The third-order valence-corrected chi connectivity index (χ3v) is 3.23. The number of hydrogen-bond donors (Lipinski definition) is 1. The molecule has 0 amide bonds. The van der Waals surface area contributed by atoms with Crippen molar-refractivity contribution in [3.63, 3.8) is 0 Å². The van der Waals surface area contributed by atoms with Crippen LogP contribution in [0.5, 0.6) is 0 Å². The lowest BCUT2D eigenvalue weighted by Crippen LogP contribution is -2.12. The zero-order valence-corrected chi connectivity index (χ0v) is 9.80. The van der Waals surface area contributed by atoms with Crippen LogP contribution in [0.15, 0.2) is 66.4 Å². The van der Waals surface area contributed by atoms with Gasteiger partial charge in [0.2, 0.25) is 0 Å². The molecule has 0 aliphatic carbocycles. The average Bonchev–Trinajstić information content (AvgIpc) is 2.47. The minimum atomic E-state index is 0.0358. The number of allylic oxidation sites excluding steroid dienone is 1. The summed E-state index contributed by atoms with van der Waals surface area (Å²) in [6.07, 6.45) is 1.81. The van der Waals surface area contributed by atoms with Crippen LogP contribution in [0.2, 0.25) is 0 Å². The lowest BCUT2D eigenvalue weighted by atomic mass is 9.83. The molecule has 2 nitrogen and oxygen atoms in total. The van der Waals surface area contributed by atoms with Gasteiger partial charge in [-0.05, 0) is 17.2 Å². The second-order valence-electron chi connectivity index (χ2n) is 4.29. The summed E-state index contributed by atoms with van der Waals surface area (Å²) in [4.78, 5) is 0. The Balaban J connectivity index is 2.17. The lowest BCUT2D eigenvalue weighted by Gasteiger charge is -2.24. The van der Waals surface area contributed by atoms with E-state index in [-0.39, 0.29) is 5.92 Å². The molecule has 0 bridgehead atoms. The molecule has 2 heteroatoms. The van der Waals surface area contributed by atoms with Crippen molar-refractivity contribution in [2.75, 3.05) is 5.32 Å². The predicted octanol–water partition coefficient (Wildman–Crippen LogP) is 3.65. The van der Waals surface area contributed by atoms with Gasteiger partial charge in [-0.1, -0.05) is 48.5 Å². The number of nitriles is 1. The summed E-state index contributed by atoms with van der Waals surface area (Å²) < 4.78 is 0. The molecule has 1 unspecified atom stereocenters. The highest BCUT2D eigenvalue weighted by Gasteiger charge is 2.24. The standard InChI is InChI=1S/C16H12N2/c17-10-13-11-18-15-9-5-4-8-14(15)16(13)12-6-2-1-3-7-12/h1-9,11,16,18H. The largest absolute Gasteiger partial charge is 0.360 e. The van der Waals surface area contributed by atoms with Crippen LogP contribution in [0, 0.1) is 11.3 Å². The molecule has 1 atom stereocenters. The summed E-state index contributed by atoms with van der Waals surface area (Å²) in [7, 11) is 0. The van der Waals surface area contributed by atoms with Gasteiger partial charge in [0.25, 0.3) is 0 Å². The Hall–Kier alpha value is -2.53.